The average Bonchev–Trinajstić information content (AvgIpc) is 3.16. The number of carbonyl (C=O) groups excluding carboxylic acids is 1. The molecule has 51 heavy (non-hydrogen) atoms. The van der Waals surface area contributed by atoms with Crippen LogP contribution in [0.3, 0.4) is 0 Å². The Morgan fingerprint density at radius 3 is 1.92 bits per heavy atom. The van der Waals surface area contributed by atoms with Crippen LogP contribution in [0.5, 0.6) is 0 Å². The predicted octanol–water partition coefficient (Wildman–Crippen LogP) is 6.74. The molecule has 3 aromatic carbocycles. The van der Waals surface area contributed by atoms with Gasteiger partial charge in [-0.1, -0.05) is 106 Å². The molecule has 1 aliphatic heterocycles. The molecular formula is C35H40N10O6. The maximum Gasteiger partial charge on any atom is 0.410 e. The summed E-state index contributed by atoms with van der Waals surface area (Å²) in [5, 5.41) is 33.8. The van der Waals surface area contributed by atoms with E-state index in [1.165, 1.54) is 0 Å². The quantitative estimate of drug-likeness (QED) is 0.105. The van der Waals surface area contributed by atoms with Crippen molar-refractivity contribution in [1.29, 1.82) is 0 Å². The number of benzene rings is 3. The van der Waals surface area contributed by atoms with Gasteiger partial charge in [0.25, 0.3) is 0 Å². The normalized spacial score (nSPS) is 26.3. The van der Waals surface area contributed by atoms with E-state index >= 15 is 0 Å². The minimum atomic E-state index is -1.56. The number of carbonyl (C=O) groups is 1. The van der Waals surface area contributed by atoms with Gasteiger partial charge < -0.3 is 24.4 Å². The van der Waals surface area contributed by atoms with Crippen LogP contribution in [0.15, 0.2) is 106 Å². The fraction of sp³-hybridized carbons (Fsp3) is 0.457. The highest BCUT2D eigenvalue weighted by atomic mass is 16.6. The van der Waals surface area contributed by atoms with Crippen LogP contribution in [-0.4, -0.2) is 76.4 Å². The molecule has 4 unspecified atom stereocenters. The van der Waals surface area contributed by atoms with E-state index in [4.69, 9.17) is 19.7 Å². The minimum absolute atomic E-state index is 0.0281. The van der Waals surface area contributed by atoms with Gasteiger partial charge in [0.1, 0.15) is 6.61 Å². The summed E-state index contributed by atoms with van der Waals surface area (Å²) >= 11 is 0. The summed E-state index contributed by atoms with van der Waals surface area (Å²) in [4.78, 5) is 24.4. The molecule has 1 saturated heterocycles. The van der Waals surface area contributed by atoms with Crippen molar-refractivity contribution < 1.29 is 29.2 Å². The zero-order chi connectivity index (χ0) is 36.0. The van der Waals surface area contributed by atoms with Crippen molar-refractivity contribution in [2.45, 2.75) is 87.6 Å². The summed E-state index contributed by atoms with van der Waals surface area (Å²) < 4.78 is 18.8. The van der Waals surface area contributed by atoms with E-state index in [2.05, 4.69) is 30.1 Å². The van der Waals surface area contributed by atoms with E-state index < -0.39 is 60.6 Å². The lowest BCUT2D eigenvalue weighted by atomic mass is 9.72. The van der Waals surface area contributed by atoms with Gasteiger partial charge in [0.15, 0.2) is 0 Å². The predicted molar refractivity (Wildman–Crippen MR) is 185 cm³/mol. The van der Waals surface area contributed by atoms with Crippen molar-refractivity contribution in [2.24, 2.45) is 21.3 Å². The van der Waals surface area contributed by atoms with Crippen molar-refractivity contribution >= 4 is 6.09 Å². The van der Waals surface area contributed by atoms with Gasteiger partial charge in [-0.3, -0.25) is 4.90 Å². The topological polar surface area (TPSA) is 235 Å². The van der Waals surface area contributed by atoms with E-state index in [1.807, 2.05) is 91.0 Å². The molecule has 0 spiro atoms. The van der Waals surface area contributed by atoms with Crippen LogP contribution in [-0.2, 0) is 34.0 Å². The summed E-state index contributed by atoms with van der Waals surface area (Å²) in [5.41, 5.74) is 30.5. The zero-order valence-electron chi connectivity index (χ0n) is 27.8. The Hall–Kier alpha value is -5.30. The van der Waals surface area contributed by atoms with Crippen LogP contribution >= 0.6 is 0 Å². The number of aliphatic hydroxyl groups is 2. The van der Waals surface area contributed by atoms with E-state index in [0.717, 1.165) is 16.7 Å². The van der Waals surface area contributed by atoms with Crippen molar-refractivity contribution in [3.8, 4) is 0 Å². The van der Waals surface area contributed by atoms with Gasteiger partial charge in [0, 0.05) is 33.2 Å². The Bertz CT molecular complexity index is 1700. The van der Waals surface area contributed by atoms with E-state index in [-0.39, 0.29) is 39.2 Å². The molecule has 3 aromatic rings. The molecule has 2 N–H and O–H groups in total. The van der Waals surface area contributed by atoms with Crippen LogP contribution in [0.4, 0.5) is 4.79 Å². The van der Waals surface area contributed by atoms with Crippen LogP contribution in [0.2, 0.25) is 0 Å². The molecule has 16 heteroatoms. The number of azide groups is 3. The molecule has 1 heterocycles. The number of amides is 1. The molecule has 5 rings (SSSR count). The second kappa shape index (κ2) is 18.6. The Morgan fingerprint density at radius 1 is 0.765 bits per heavy atom. The summed E-state index contributed by atoms with van der Waals surface area (Å²) in [6.07, 6.45) is -4.92. The Kier molecular flexibility index (Phi) is 13.5. The summed E-state index contributed by atoms with van der Waals surface area (Å²) in [7, 11) is 0. The average molecular weight is 697 g/mol. The highest BCUT2D eigenvalue weighted by molar-refractivity contribution is 5.68. The second-order valence-corrected chi connectivity index (χ2v) is 12.5. The van der Waals surface area contributed by atoms with Gasteiger partial charge in [-0.05, 0) is 52.5 Å². The lowest BCUT2D eigenvalue weighted by Gasteiger charge is -2.49. The summed E-state index contributed by atoms with van der Waals surface area (Å²) in [5.74, 6) is -1.04. The van der Waals surface area contributed by atoms with E-state index in [0.29, 0.717) is 6.42 Å². The maximum absolute atomic E-state index is 14.1. The van der Waals surface area contributed by atoms with Crippen molar-refractivity contribution in [3.05, 3.63) is 139 Å². The molecule has 2 aliphatic rings. The van der Waals surface area contributed by atoms with Gasteiger partial charge in [-0.25, -0.2) is 4.79 Å². The molecule has 266 valence electrons. The minimum Gasteiger partial charge on any atom is -0.445 e. The first-order chi connectivity index (χ1) is 24.9. The third kappa shape index (κ3) is 9.69. The van der Waals surface area contributed by atoms with Crippen LogP contribution < -0.4 is 0 Å². The Balaban J connectivity index is 1.49. The molecule has 1 saturated carbocycles. The molecule has 0 aromatic heterocycles. The molecule has 2 fully saturated rings. The molecule has 16 nitrogen and oxygen atoms in total. The molecular weight excluding hydrogens is 656 g/mol. The highest BCUT2D eigenvalue weighted by Gasteiger charge is 2.51. The maximum atomic E-state index is 14.1. The fourth-order valence-electron chi connectivity index (χ4n) is 6.86. The van der Waals surface area contributed by atoms with E-state index in [1.54, 1.807) is 4.90 Å². The fourth-order valence-corrected chi connectivity index (χ4v) is 6.86. The van der Waals surface area contributed by atoms with E-state index in [9.17, 15) is 26.1 Å². The third-order valence-corrected chi connectivity index (χ3v) is 9.37. The number of aliphatic hydroxyl groups excluding tert-OH is 2. The largest absolute Gasteiger partial charge is 0.445 e. The SMILES string of the molecule is [N-]=[N+]=NC1CC(N=[N+]=[N-])[C@H](O)[C@@H](O)C1[C@H]1O[C@H]([C@H](COCc2ccccc2)N(Cc2ccccc2)C(=O)OCc2ccccc2)CCC1N=[N+]=[N-]. The van der Waals surface area contributed by atoms with Crippen molar-refractivity contribution in [3.63, 3.8) is 0 Å². The Morgan fingerprint density at radius 2 is 1.31 bits per heavy atom. The standard InChI is InChI=1S/C35H40N10O6/c36-42-39-26-16-17-30(51-34(26)31-27(40-43-37)18-28(41-44-38)32(46)33(31)47)29(22-49-20-24-12-6-2-7-13-24)45(19-23-10-4-1-5-11-23)35(48)50-21-25-14-8-3-9-15-25/h1-15,26-34,46-47H,16-22H2/t26?,27?,28?,29-,30-,31?,32-,33-,34-/m0/s1. The molecule has 1 aliphatic carbocycles. The van der Waals surface area contributed by atoms with Crippen molar-refractivity contribution in [2.75, 3.05) is 6.61 Å². The van der Waals surface area contributed by atoms with Gasteiger partial charge in [0.05, 0.1) is 55.8 Å². The lowest BCUT2D eigenvalue weighted by Crippen LogP contribution is -2.61. The monoisotopic (exact) mass is 696 g/mol. The number of hydrogen-bond acceptors (Lipinski definition) is 9. The first kappa shape index (κ1) is 37.0. The van der Waals surface area contributed by atoms with Crippen molar-refractivity contribution in [1.82, 2.24) is 4.90 Å². The number of ether oxygens (including phenoxy) is 3. The molecule has 1 amide bonds. The second-order valence-electron chi connectivity index (χ2n) is 12.5. The highest BCUT2D eigenvalue weighted by Crippen LogP contribution is 2.40. The van der Waals surface area contributed by atoms with Gasteiger partial charge >= 0.3 is 6.09 Å². The zero-order valence-corrected chi connectivity index (χ0v) is 27.8. The first-order valence-corrected chi connectivity index (χ1v) is 16.7. The van der Waals surface area contributed by atoms with Gasteiger partial charge in [0.2, 0.25) is 0 Å². The Labute approximate surface area is 294 Å². The molecule has 9 atom stereocenters. The van der Waals surface area contributed by atoms with Crippen LogP contribution in [0.1, 0.15) is 36.0 Å². The molecule has 0 radical (unpaired) electrons. The smallest absolute Gasteiger partial charge is 0.410 e. The van der Waals surface area contributed by atoms with Crippen LogP contribution in [0.25, 0.3) is 31.3 Å². The number of rotatable bonds is 14. The summed E-state index contributed by atoms with van der Waals surface area (Å²) in [6.45, 7) is 0.459. The lowest BCUT2D eigenvalue weighted by molar-refractivity contribution is -0.170. The third-order valence-electron chi connectivity index (χ3n) is 9.37. The number of hydrogen-bond donors (Lipinski definition) is 2. The summed E-state index contributed by atoms with van der Waals surface area (Å²) in [6, 6.07) is 24.7. The van der Waals surface area contributed by atoms with Gasteiger partial charge in [-0.2, -0.15) is 0 Å². The molecule has 0 bridgehead atoms. The first-order valence-electron chi connectivity index (χ1n) is 16.7. The number of nitrogens with zero attached hydrogens (tertiary/aromatic N) is 10. The van der Waals surface area contributed by atoms with Gasteiger partial charge in [-0.15, -0.1) is 0 Å². The van der Waals surface area contributed by atoms with Crippen LogP contribution in [0, 0.1) is 5.92 Å².